The molecule has 2 nitrogen and oxygen atoms in total. The van der Waals surface area contributed by atoms with Crippen molar-refractivity contribution in [2.24, 2.45) is 23.5 Å². The molecule has 1 aromatic rings. The highest BCUT2D eigenvalue weighted by Gasteiger charge is 2.39. The normalized spacial score (nSPS) is 28.8. The Morgan fingerprint density at radius 1 is 1.33 bits per heavy atom. The molecule has 21 heavy (non-hydrogen) atoms. The maximum absolute atomic E-state index is 6.08. The van der Waals surface area contributed by atoms with Gasteiger partial charge >= 0.3 is 0 Å². The van der Waals surface area contributed by atoms with Crippen molar-refractivity contribution in [3.05, 3.63) is 28.2 Å². The molecule has 2 bridgehead atoms. The first-order valence-corrected chi connectivity index (χ1v) is 9.11. The van der Waals surface area contributed by atoms with Crippen molar-refractivity contribution in [2.75, 3.05) is 6.61 Å². The van der Waals surface area contributed by atoms with Gasteiger partial charge in [0.2, 0.25) is 0 Å². The topological polar surface area (TPSA) is 35.2 Å². The van der Waals surface area contributed by atoms with Crippen molar-refractivity contribution in [1.82, 2.24) is 0 Å². The third-order valence-corrected chi connectivity index (χ3v) is 5.98. The maximum Gasteiger partial charge on any atom is 0.133 e. The molecular weight excluding hydrogens is 326 g/mol. The molecule has 0 aromatic heterocycles. The number of fused-ring (bicyclic) bond motifs is 2. The fourth-order valence-electron chi connectivity index (χ4n) is 4.01. The van der Waals surface area contributed by atoms with E-state index in [1.165, 1.54) is 31.2 Å². The third kappa shape index (κ3) is 3.62. The number of benzene rings is 1. The van der Waals surface area contributed by atoms with Gasteiger partial charge in [-0.3, -0.25) is 0 Å². The summed E-state index contributed by atoms with van der Waals surface area (Å²) in [7, 11) is 0. The summed E-state index contributed by atoms with van der Waals surface area (Å²) < 4.78 is 7.14. The predicted molar refractivity (Wildman–Crippen MR) is 90.5 cm³/mol. The second-order valence-corrected chi connectivity index (χ2v) is 7.74. The van der Waals surface area contributed by atoms with Crippen LogP contribution in [0.15, 0.2) is 22.7 Å². The molecule has 3 heteroatoms. The highest BCUT2D eigenvalue weighted by molar-refractivity contribution is 9.10. The molecule has 0 radical (unpaired) electrons. The summed E-state index contributed by atoms with van der Waals surface area (Å²) in [6.07, 6.45) is 7.65. The smallest absolute Gasteiger partial charge is 0.133 e. The highest BCUT2D eigenvalue weighted by Crippen LogP contribution is 2.48. The van der Waals surface area contributed by atoms with Crippen molar-refractivity contribution in [3.63, 3.8) is 0 Å². The lowest BCUT2D eigenvalue weighted by atomic mass is 9.89. The zero-order valence-electron chi connectivity index (χ0n) is 12.9. The average Bonchev–Trinajstić information content (AvgIpc) is 3.09. The molecular formula is C18H26BrNO. The van der Waals surface area contributed by atoms with Crippen LogP contribution in [0.3, 0.4) is 0 Å². The fraction of sp³-hybridized carbons (Fsp3) is 0.667. The van der Waals surface area contributed by atoms with Gasteiger partial charge in [-0.1, -0.05) is 19.4 Å². The molecule has 1 aromatic carbocycles. The first-order chi connectivity index (χ1) is 10.2. The minimum absolute atomic E-state index is 0.248. The maximum atomic E-state index is 6.08. The van der Waals surface area contributed by atoms with E-state index in [9.17, 15) is 0 Å². The summed E-state index contributed by atoms with van der Waals surface area (Å²) in [4.78, 5) is 0. The van der Waals surface area contributed by atoms with Crippen molar-refractivity contribution < 1.29 is 4.74 Å². The molecule has 2 aliphatic rings. The second kappa shape index (κ2) is 6.70. The Morgan fingerprint density at radius 2 is 2.19 bits per heavy atom. The van der Waals surface area contributed by atoms with E-state index in [2.05, 4.69) is 41.1 Å². The van der Waals surface area contributed by atoms with Crippen LogP contribution < -0.4 is 10.5 Å². The quantitative estimate of drug-likeness (QED) is 0.816. The monoisotopic (exact) mass is 351 g/mol. The summed E-state index contributed by atoms with van der Waals surface area (Å²) in [5, 5.41) is 0. The van der Waals surface area contributed by atoms with Gasteiger partial charge in [0.15, 0.2) is 0 Å². The van der Waals surface area contributed by atoms with Crippen LogP contribution in [0.5, 0.6) is 5.75 Å². The minimum atomic E-state index is 0.248. The van der Waals surface area contributed by atoms with Crippen molar-refractivity contribution in [2.45, 2.75) is 51.5 Å². The van der Waals surface area contributed by atoms with Crippen LogP contribution in [-0.2, 0) is 6.42 Å². The van der Waals surface area contributed by atoms with E-state index >= 15 is 0 Å². The largest absolute Gasteiger partial charge is 0.492 e. The van der Waals surface area contributed by atoms with Gasteiger partial charge in [-0.15, -0.1) is 0 Å². The number of hydrogen-bond donors (Lipinski definition) is 1. The van der Waals surface area contributed by atoms with E-state index in [0.29, 0.717) is 0 Å². The minimum Gasteiger partial charge on any atom is -0.492 e. The highest BCUT2D eigenvalue weighted by atomic mass is 79.9. The van der Waals surface area contributed by atoms with E-state index < -0.39 is 0 Å². The number of halogens is 1. The van der Waals surface area contributed by atoms with Gasteiger partial charge in [0, 0.05) is 6.04 Å². The second-order valence-electron chi connectivity index (χ2n) is 6.88. The predicted octanol–water partition coefficient (Wildman–Crippen LogP) is 4.54. The summed E-state index contributed by atoms with van der Waals surface area (Å²) >= 11 is 3.64. The first-order valence-electron chi connectivity index (χ1n) is 8.32. The molecule has 0 heterocycles. The van der Waals surface area contributed by atoms with Crippen LogP contribution in [0.25, 0.3) is 0 Å². The number of nitrogens with two attached hydrogens (primary N) is 1. The molecule has 2 N–H and O–H groups in total. The van der Waals surface area contributed by atoms with E-state index in [1.54, 1.807) is 0 Å². The van der Waals surface area contributed by atoms with Gasteiger partial charge in [-0.05, 0) is 83.5 Å². The number of rotatable bonds is 6. The van der Waals surface area contributed by atoms with Crippen LogP contribution in [0.4, 0.5) is 0 Å². The van der Waals surface area contributed by atoms with Crippen molar-refractivity contribution in [1.29, 1.82) is 0 Å². The van der Waals surface area contributed by atoms with Gasteiger partial charge < -0.3 is 10.5 Å². The number of ether oxygens (including phenoxy) is 1. The van der Waals surface area contributed by atoms with Crippen molar-refractivity contribution in [3.8, 4) is 5.75 Å². The zero-order valence-corrected chi connectivity index (χ0v) is 14.4. The van der Waals surface area contributed by atoms with Gasteiger partial charge in [0.1, 0.15) is 5.75 Å². The van der Waals surface area contributed by atoms with Crippen LogP contribution in [-0.4, -0.2) is 12.6 Å². The molecule has 0 aliphatic heterocycles. The summed E-state index contributed by atoms with van der Waals surface area (Å²) in [5.41, 5.74) is 7.30. The first kappa shape index (κ1) is 15.4. The Kier molecular flexibility index (Phi) is 4.90. The van der Waals surface area contributed by atoms with Gasteiger partial charge in [0.05, 0.1) is 11.1 Å². The Morgan fingerprint density at radius 3 is 2.81 bits per heavy atom. The fourth-order valence-corrected chi connectivity index (χ4v) is 4.55. The lowest BCUT2D eigenvalue weighted by Crippen LogP contribution is -2.21. The molecule has 0 amide bonds. The molecule has 3 rings (SSSR count). The van der Waals surface area contributed by atoms with Crippen LogP contribution >= 0.6 is 15.9 Å². The van der Waals surface area contributed by atoms with Crippen LogP contribution in [0.2, 0.25) is 0 Å². The van der Waals surface area contributed by atoms with Gasteiger partial charge in [-0.25, -0.2) is 0 Å². The van der Waals surface area contributed by atoms with Crippen LogP contribution in [0.1, 0.15) is 44.6 Å². The zero-order chi connectivity index (χ0) is 14.8. The van der Waals surface area contributed by atoms with Gasteiger partial charge in [0.25, 0.3) is 0 Å². The molecule has 2 saturated carbocycles. The molecule has 4 unspecified atom stereocenters. The standard InChI is InChI=1S/C18H26BrNO/c1-2-16(20)9-13-4-6-18(17(19)10-13)21-11-15-8-12-3-5-14(15)7-12/h4,6,10,12,14-16H,2-3,5,7-9,11,20H2,1H3. The summed E-state index contributed by atoms with van der Waals surface area (Å²) in [6, 6.07) is 6.65. The molecule has 2 aliphatic carbocycles. The Hall–Kier alpha value is -0.540. The Balaban J connectivity index is 1.56. The molecule has 0 saturated heterocycles. The third-order valence-electron chi connectivity index (χ3n) is 5.36. The Labute approximate surface area is 136 Å². The van der Waals surface area contributed by atoms with Gasteiger partial charge in [-0.2, -0.15) is 0 Å². The Bertz CT molecular complexity index is 490. The SMILES string of the molecule is CCC(N)Cc1ccc(OCC2CC3CCC2C3)c(Br)c1. The van der Waals surface area contributed by atoms with E-state index in [0.717, 1.165) is 47.4 Å². The average molecular weight is 352 g/mol. The van der Waals surface area contributed by atoms with Crippen molar-refractivity contribution >= 4 is 15.9 Å². The van der Waals surface area contributed by atoms with E-state index in [1.807, 2.05) is 0 Å². The number of hydrogen-bond acceptors (Lipinski definition) is 2. The summed E-state index contributed by atoms with van der Waals surface area (Å²) in [5.74, 6) is 3.68. The molecule has 0 spiro atoms. The molecule has 116 valence electrons. The lowest BCUT2D eigenvalue weighted by molar-refractivity contribution is 0.194. The summed E-state index contributed by atoms with van der Waals surface area (Å²) in [6.45, 7) is 3.01. The lowest BCUT2D eigenvalue weighted by Gasteiger charge is -2.22. The molecule has 4 atom stereocenters. The van der Waals surface area contributed by atoms with E-state index in [4.69, 9.17) is 10.5 Å². The molecule has 2 fully saturated rings. The van der Waals surface area contributed by atoms with E-state index in [-0.39, 0.29) is 6.04 Å². The van der Waals surface area contributed by atoms with Crippen LogP contribution in [0, 0.1) is 17.8 Å².